The summed E-state index contributed by atoms with van der Waals surface area (Å²) in [5.74, 6) is 1.51. The van der Waals surface area contributed by atoms with Crippen molar-refractivity contribution in [1.82, 2.24) is 10.3 Å². The van der Waals surface area contributed by atoms with Crippen molar-refractivity contribution in [2.24, 2.45) is 5.92 Å². The molecule has 0 bridgehead atoms. The second-order valence-electron chi connectivity index (χ2n) is 4.73. The minimum absolute atomic E-state index is 0. The Morgan fingerprint density at radius 3 is 2.61 bits per heavy atom. The molecule has 0 spiro atoms. The molecule has 0 saturated carbocycles. The Kier molecular flexibility index (Phi) is 8.20. The predicted octanol–water partition coefficient (Wildman–Crippen LogP) is -1.99. The van der Waals surface area contributed by atoms with E-state index >= 15 is 0 Å². The average molecular weight is 258 g/mol. The van der Waals surface area contributed by atoms with Gasteiger partial charge in [-0.25, -0.2) is 4.98 Å². The van der Waals surface area contributed by atoms with E-state index in [1.807, 2.05) is 13.0 Å². The van der Waals surface area contributed by atoms with Gasteiger partial charge in [0.1, 0.15) is 0 Å². The minimum atomic E-state index is 0. The first-order chi connectivity index (χ1) is 7.69. The number of methoxy groups -OCH3 is 1. The van der Waals surface area contributed by atoms with Crippen molar-refractivity contribution < 1.29 is 34.3 Å². The molecule has 1 saturated heterocycles. The molecule has 1 aliphatic heterocycles. The van der Waals surface area contributed by atoms with Gasteiger partial charge in [0, 0.05) is 17.8 Å². The van der Waals surface area contributed by atoms with Crippen molar-refractivity contribution in [2.45, 2.75) is 32.7 Å². The van der Waals surface area contributed by atoms with Gasteiger partial charge in [0.25, 0.3) is 0 Å². The quantitative estimate of drug-likeness (QED) is 0.624. The summed E-state index contributed by atoms with van der Waals surface area (Å²) in [7, 11) is 1.67. The monoisotopic (exact) mass is 258 g/mol. The first-order valence-corrected chi connectivity index (χ1v) is 5.95. The van der Waals surface area contributed by atoms with E-state index in [4.69, 9.17) is 4.74 Å². The minimum Gasteiger partial charge on any atom is -0.481 e. The van der Waals surface area contributed by atoms with Gasteiger partial charge in [0.15, 0.2) is 0 Å². The number of ether oxygens (including phenoxy) is 1. The average Bonchev–Trinajstić information content (AvgIpc) is 2.29. The van der Waals surface area contributed by atoms with Gasteiger partial charge in [0.2, 0.25) is 5.88 Å². The zero-order chi connectivity index (χ0) is 11.5. The van der Waals surface area contributed by atoms with Gasteiger partial charge in [-0.3, -0.25) is 0 Å². The summed E-state index contributed by atoms with van der Waals surface area (Å²) in [5.41, 5.74) is 2.33. The molecule has 0 aromatic carbocycles. The number of nitrogens with zero attached hydrogens (tertiary/aromatic N) is 1. The van der Waals surface area contributed by atoms with Gasteiger partial charge < -0.3 is 10.1 Å². The van der Waals surface area contributed by atoms with Gasteiger partial charge in [-0.15, -0.1) is 0 Å². The van der Waals surface area contributed by atoms with Crippen LogP contribution < -0.4 is 39.6 Å². The van der Waals surface area contributed by atoms with Crippen LogP contribution in [-0.4, -0.2) is 27.1 Å². The van der Waals surface area contributed by atoms with E-state index in [0.717, 1.165) is 24.0 Å². The molecular weight excluding hydrogens is 234 g/mol. The van der Waals surface area contributed by atoms with Crippen molar-refractivity contribution in [1.29, 1.82) is 0 Å². The number of hydrogen-bond acceptors (Lipinski definition) is 3. The Balaban J connectivity index is 0.00000144. The third-order valence-corrected chi connectivity index (χ3v) is 3.22. The molecule has 5 heteroatoms. The van der Waals surface area contributed by atoms with Crippen LogP contribution in [0.2, 0.25) is 0 Å². The molecule has 1 N–H and O–H groups in total. The van der Waals surface area contributed by atoms with Gasteiger partial charge in [-0.2, -0.15) is 0 Å². The molecule has 0 aliphatic carbocycles. The van der Waals surface area contributed by atoms with Crippen LogP contribution in [0.5, 0.6) is 5.88 Å². The van der Waals surface area contributed by atoms with Crippen LogP contribution in [0.1, 0.15) is 37.1 Å². The van der Waals surface area contributed by atoms with Crippen LogP contribution >= 0.6 is 0 Å². The van der Waals surface area contributed by atoms with Crippen LogP contribution in [0.4, 0.5) is 0 Å². The predicted molar refractivity (Wildman–Crippen MR) is 76.0 cm³/mol. The van der Waals surface area contributed by atoms with E-state index in [0.29, 0.717) is 6.04 Å². The maximum Gasteiger partial charge on any atom is 1.00 e. The third-order valence-electron chi connectivity index (χ3n) is 3.22. The molecule has 0 amide bonds. The molecule has 2 rings (SSSR count). The normalized spacial score (nSPS) is 22.6. The molecule has 1 aromatic heterocycles. The van der Waals surface area contributed by atoms with Crippen LogP contribution in [0.15, 0.2) is 12.1 Å². The van der Waals surface area contributed by atoms with E-state index in [9.17, 15) is 0 Å². The molecule has 2 heterocycles. The third kappa shape index (κ3) is 4.58. The zero-order valence-corrected chi connectivity index (χ0v) is 13.3. The summed E-state index contributed by atoms with van der Waals surface area (Å²) in [6, 6.07) is 4.66. The Labute approximate surface area is 134 Å². The number of hydrogen-bond donors (Lipinski definition) is 1. The molecule has 0 unspecified atom stereocenters. The number of aryl methyl sites for hydroxylation is 1. The van der Waals surface area contributed by atoms with Crippen molar-refractivity contribution >= 4 is 8.41 Å². The van der Waals surface area contributed by atoms with Crippen molar-refractivity contribution in [3.63, 3.8) is 0 Å². The van der Waals surface area contributed by atoms with Gasteiger partial charge in [0.05, 0.1) is 7.11 Å². The molecule has 1 aliphatic rings. The van der Waals surface area contributed by atoms with E-state index in [2.05, 4.69) is 23.3 Å². The largest absolute Gasteiger partial charge is 1.00 e. The fraction of sp³-hybridized carbons (Fsp3) is 0.615. The second-order valence-corrected chi connectivity index (χ2v) is 4.73. The molecule has 1 aromatic rings. The summed E-state index contributed by atoms with van der Waals surface area (Å²) in [6.45, 7) is 5.41. The van der Waals surface area contributed by atoms with Crippen LogP contribution in [0.3, 0.4) is 0 Å². The first-order valence-electron chi connectivity index (χ1n) is 5.95. The standard InChI is InChI=1S/C13H20N2O.BH4.Na/c1-9-4-5-12(14-8-9)11-6-10(2)15-13(7-11)16-3;;/h6-7,9,12,14H,4-5,8H2,1-3H3;1H4;/q;-1;+1/t9-,12+;;/m0../s1. The fourth-order valence-corrected chi connectivity index (χ4v) is 2.25. The van der Waals surface area contributed by atoms with E-state index in [1.54, 1.807) is 7.11 Å². The van der Waals surface area contributed by atoms with Crippen molar-refractivity contribution in [3.05, 3.63) is 23.4 Å². The van der Waals surface area contributed by atoms with Crippen LogP contribution in [0.25, 0.3) is 0 Å². The number of nitrogens with one attached hydrogen (secondary N) is 1. The topological polar surface area (TPSA) is 34.1 Å². The van der Waals surface area contributed by atoms with Gasteiger partial charge in [-0.05, 0) is 43.9 Å². The number of aromatic nitrogens is 1. The van der Waals surface area contributed by atoms with Crippen LogP contribution in [-0.2, 0) is 0 Å². The summed E-state index contributed by atoms with van der Waals surface area (Å²) < 4.78 is 5.21. The molecule has 2 atom stereocenters. The Morgan fingerprint density at radius 1 is 1.33 bits per heavy atom. The smallest absolute Gasteiger partial charge is 0.481 e. The van der Waals surface area contributed by atoms with Crippen LogP contribution in [0, 0.1) is 12.8 Å². The fourth-order valence-electron chi connectivity index (χ4n) is 2.25. The molecule has 3 nitrogen and oxygen atoms in total. The van der Waals surface area contributed by atoms with Crippen molar-refractivity contribution in [2.75, 3.05) is 13.7 Å². The van der Waals surface area contributed by atoms with E-state index in [1.165, 1.54) is 18.4 Å². The molecular formula is C13H24BN2NaO. The first kappa shape index (κ1) is 18.0. The summed E-state index contributed by atoms with van der Waals surface area (Å²) in [4.78, 5) is 4.31. The maximum atomic E-state index is 5.21. The SMILES string of the molecule is COc1cc([C@H]2CC[C@H](C)CN2)cc(C)n1.[BH4-].[Na+]. The molecule has 1 fully saturated rings. The van der Waals surface area contributed by atoms with Crippen molar-refractivity contribution in [3.8, 4) is 5.88 Å². The number of piperidine rings is 1. The maximum absolute atomic E-state index is 5.21. The Hall–Kier alpha value is -0.0251. The molecule has 0 radical (unpaired) electrons. The van der Waals surface area contributed by atoms with Gasteiger partial charge >= 0.3 is 29.6 Å². The second kappa shape index (κ2) is 8.21. The Morgan fingerprint density at radius 2 is 2.06 bits per heavy atom. The number of pyridine rings is 1. The summed E-state index contributed by atoms with van der Waals surface area (Å²) >= 11 is 0. The van der Waals surface area contributed by atoms with Gasteiger partial charge in [-0.1, -0.05) is 15.3 Å². The number of rotatable bonds is 2. The molecule has 96 valence electrons. The molecule has 18 heavy (non-hydrogen) atoms. The van der Waals surface area contributed by atoms with E-state index in [-0.39, 0.29) is 38.0 Å². The summed E-state index contributed by atoms with van der Waals surface area (Å²) in [5, 5.41) is 3.58. The summed E-state index contributed by atoms with van der Waals surface area (Å²) in [6.07, 6.45) is 2.50. The van der Waals surface area contributed by atoms with E-state index < -0.39 is 0 Å². The Bertz CT molecular complexity index is 368. The zero-order valence-electron chi connectivity index (χ0n) is 11.3.